The minimum Gasteiger partial charge on any atom is -0.311 e. The van der Waals surface area contributed by atoms with Crippen molar-refractivity contribution < 1.29 is 4.79 Å². The normalized spacial score (nSPS) is 10.4. The van der Waals surface area contributed by atoms with Gasteiger partial charge in [0, 0.05) is 24.6 Å². The van der Waals surface area contributed by atoms with Gasteiger partial charge in [0.2, 0.25) is 5.91 Å². The monoisotopic (exact) mass is 193 g/mol. The molecule has 0 fully saturated rings. The van der Waals surface area contributed by atoms with Crippen LogP contribution in [0, 0.1) is 6.92 Å². The summed E-state index contributed by atoms with van der Waals surface area (Å²) in [4.78, 5) is 19.3. The molecule has 1 aromatic rings. The van der Waals surface area contributed by atoms with Gasteiger partial charge in [0.25, 0.3) is 0 Å². The van der Waals surface area contributed by atoms with E-state index in [1.165, 1.54) is 6.92 Å². The summed E-state index contributed by atoms with van der Waals surface area (Å²) in [7, 11) is 0. The van der Waals surface area contributed by atoms with Crippen molar-refractivity contribution in [1.82, 2.24) is 9.97 Å². The minimum atomic E-state index is -0.113. The highest BCUT2D eigenvalue weighted by molar-refractivity contribution is 5.87. The third-order valence-corrected chi connectivity index (χ3v) is 1.69. The van der Waals surface area contributed by atoms with Crippen LogP contribution in [0.5, 0.6) is 0 Å². The van der Waals surface area contributed by atoms with E-state index in [0.29, 0.717) is 5.82 Å². The van der Waals surface area contributed by atoms with Crippen molar-refractivity contribution in [2.45, 2.75) is 33.6 Å². The third-order valence-electron chi connectivity index (χ3n) is 1.69. The number of rotatable bonds is 2. The maximum absolute atomic E-state index is 10.8. The Balaban J connectivity index is 3.01. The molecule has 4 heteroatoms. The zero-order valence-electron chi connectivity index (χ0n) is 8.96. The van der Waals surface area contributed by atoms with E-state index in [9.17, 15) is 4.79 Å². The summed E-state index contributed by atoms with van der Waals surface area (Å²) in [5, 5.41) is 2.65. The fourth-order valence-corrected chi connectivity index (χ4v) is 1.09. The minimum absolute atomic E-state index is 0.113. The lowest BCUT2D eigenvalue weighted by molar-refractivity contribution is -0.114. The molecule has 0 radical (unpaired) electrons. The first-order valence-electron chi connectivity index (χ1n) is 4.62. The summed E-state index contributed by atoms with van der Waals surface area (Å²) in [6.07, 6.45) is 0. The Hall–Kier alpha value is -1.45. The molecular formula is C10H15N3O. The van der Waals surface area contributed by atoms with Crippen LogP contribution in [0.15, 0.2) is 6.07 Å². The predicted molar refractivity (Wildman–Crippen MR) is 55.2 cm³/mol. The zero-order valence-corrected chi connectivity index (χ0v) is 8.96. The molecule has 1 amide bonds. The van der Waals surface area contributed by atoms with Gasteiger partial charge in [0.1, 0.15) is 11.6 Å². The van der Waals surface area contributed by atoms with Crippen LogP contribution in [-0.4, -0.2) is 15.9 Å². The van der Waals surface area contributed by atoms with Gasteiger partial charge in [-0.2, -0.15) is 0 Å². The number of nitrogens with zero attached hydrogens (tertiary/aromatic N) is 2. The van der Waals surface area contributed by atoms with Crippen LogP contribution in [0.25, 0.3) is 0 Å². The molecule has 1 N–H and O–H groups in total. The van der Waals surface area contributed by atoms with Crippen LogP contribution < -0.4 is 5.32 Å². The lowest BCUT2D eigenvalue weighted by Crippen LogP contribution is -2.10. The largest absolute Gasteiger partial charge is 0.311 e. The number of carbonyl (C=O) groups is 1. The average Bonchev–Trinajstić information content (AvgIpc) is 2.01. The molecule has 0 saturated heterocycles. The number of carbonyl (C=O) groups excluding carboxylic acids is 1. The number of hydrogen-bond acceptors (Lipinski definition) is 3. The van der Waals surface area contributed by atoms with Gasteiger partial charge in [0.05, 0.1) is 0 Å². The number of nitrogens with one attached hydrogen (secondary N) is 1. The van der Waals surface area contributed by atoms with Crippen molar-refractivity contribution in [3.63, 3.8) is 0 Å². The van der Waals surface area contributed by atoms with E-state index in [2.05, 4.69) is 15.3 Å². The Labute approximate surface area is 83.8 Å². The first kappa shape index (κ1) is 10.6. The molecule has 0 aromatic carbocycles. The van der Waals surface area contributed by atoms with E-state index in [1.807, 2.05) is 20.8 Å². The van der Waals surface area contributed by atoms with Crippen LogP contribution in [0.4, 0.5) is 5.82 Å². The summed E-state index contributed by atoms with van der Waals surface area (Å²) in [6.45, 7) is 7.39. The van der Waals surface area contributed by atoms with Gasteiger partial charge in [-0.05, 0) is 6.92 Å². The smallest absolute Gasteiger partial charge is 0.222 e. The molecule has 1 aromatic heterocycles. The van der Waals surface area contributed by atoms with Gasteiger partial charge < -0.3 is 5.32 Å². The lowest BCUT2D eigenvalue weighted by atomic mass is 10.2. The molecule has 0 unspecified atom stereocenters. The number of anilines is 1. The Kier molecular flexibility index (Phi) is 3.17. The quantitative estimate of drug-likeness (QED) is 0.780. The Morgan fingerprint density at radius 1 is 1.43 bits per heavy atom. The predicted octanol–water partition coefficient (Wildman–Crippen LogP) is 1.87. The van der Waals surface area contributed by atoms with E-state index < -0.39 is 0 Å². The molecule has 0 saturated carbocycles. The second kappa shape index (κ2) is 4.17. The van der Waals surface area contributed by atoms with E-state index in [-0.39, 0.29) is 11.8 Å². The van der Waals surface area contributed by atoms with Crippen LogP contribution in [0.1, 0.15) is 38.2 Å². The molecular weight excluding hydrogens is 178 g/mol. The highest BCUT2D eigenvalue weighted by Crippen LogP contribution is 2.13. The number of aromatic nitrogens is 2. The van der Waals surface area contributed by atoms with Gasteiger partial charge in [-0.15, -0.1) is 0 Å². The highest BCUT2D eigenvalue weighted by Gasteiger charge is 2.06. The average molecular weight is 193 g/mol. The van der Waals surface area contributed by atoms with Gasteiger partial charge in [-0.3, -0.25) is 4.79 Å². The van der Waals surface area contributed by atoms with Crippen LogP contribution >= 0.6 is 0 Å². The highest BCUT2D eigenvalue weighted by atomic mass is 16.1. The van der Waals surface area contributed by atoms with Crippen molar-refractivity contribution in [1.29, 1.82) is 0 Å². The fourth-order valence-electron chi connectivity index (χ4n) is 1.09. The maximum atomic E-state index is 10.8. The van der Waals surface area contributed by atoms with E-state index in [4.69, 9.17) is 0 Å². The molecule has 0 aliphatic heterocycles. The van der Waals surface area contributed by atoms with Crippen molar-refractivity contribution in [3.05, 3.63) is 17.6 Å². The Morgan fingerprint density at radius 3 is 2.57 bits per heavy atom. The molecule has 0 aliphatic rings. The number of hydrogen-bond donors (Lipinski definition) is 1. The summed E-state index contributed by atoms with van der Waals surface area (Å²) in [5.41, 5.74) is 0.868. The standard InChI is InChI=1S/C10H15N3O/c1-6(2)10-11-7(3)5-9(13-10)12-8(4)14/h5-6H,1-4H3,(H,11,12,13,14). The molecule has 0 atom stereocenters. The molecule has 14 heavy (non-hydrogen) atoms. The number of amides is 1. The Bertz CT molecular complexity index is 347. The van der Waals surface area contributed by atoms with Crippen molar-refractivity contribution in [2.75, 3.05) is 5.32 Å². The van der Waals surface area contributed by atoms with Gasteiger partial charge in [0.15, 0.2) is 0 Å². The molecule has 76 valence electrons. The van der Waals surface area contributed by atoms with E-state index in [0.717, 1.165) is 11.5 Å². The molecule has 1 heterocycles. The molecule has 1 rings (SSSR count). The molecule has 0 bridgehead atoms. The summed E-state index contributed by atoms with van der Waals surface area (Å²) in [5.74, 6) is 1.49. The maximum Gasteiger partial charge on any atom is 0.222 e. The van der Waals surface area contributed by atoms with Gasteiger partial charge in [-0.25, -0.2) is 9.97 Å². The summed E-state index contributed by atoms with van der Waals surface area (Å²) < 4.78 is 0. The lowest BCUT2D eigenvalue weighted by Gasteiger charge is -2.07. The number of aryl methyl sites for hydroxylation is 1. The van der Waals surface area contributed by atoms with Crippen LogP contribution in [0.2, 0.25) is 0 Å². The zero-order chi connectivity index (χ0) is 10.7. The first-order chi connectivity index (χ1) is 6.49. The first-order valence-corrected chi connectivity index (χ1v) is 4.62. The fraction of sp³-hybridized carbons (Fsp3) is 0.500. The Morgan fingerprint density at radius 2 is 2.07 bits per heavy atom. The summed E-state index contributed by atoms with van der Waals surface area (Å²) in [6, 6.07) is 1.76. The van der Waals surface area contributed by atoms with Crippen LogP contribution in [0.3, 0.4) is 0 Å². The second-order valence-corrected chi connectivity index (χ2v) is 3.59. The van der Waals surface area contributed by atoms with E-state index >= 15 is 0 Å². The molecule has 0 spiro atoms. The topological polar surface area (TPSA) is 54.9 Å². The van der Waals surface area contributed by atoms with Crippen LogP contribution in [-0.2, 0) is 4.79 Å². The summed E-state index contributed by atoms with van der Waals surface area (Å²) >= 11 is 0. The SMILES string of the molecule is CC(=O)Nc1cc(C)nc(C(C)C)n1. The third kappa shape index (κ3) is 2.80. The van der Waals surface area contributed by atoms with Crippen molar-refractivity contribution in [2.24, 2.45) is 0 Å². The van der Waals surface area contributed by atoms with Gasteiger partial charge >= 0.3 is 0 Å². The second-order valence-electron chi connectivity index (χ2n) is 3.59. The van der Waals surface area contributed by atoms with Gasteiger partial charge in [-0.1, -0.05) is 13.8 Å². The van der Waals surface area contributed by atoms with E-state index in [1.54, 1.807) is 6.07 Å². The molecule has 0 aliphatic carbocycles. The van der Waals surface area contributed by atoms with Crippen molar-refractivity contribution >= 4 is 11.7 Å². The molecule has 4 nitrogen and oxygen atoms in total. The van der Waals surface area contributed by atoms with Crippen molar-refractivity contribution in [3.8, 4) is 0 Å².